The molecule has 4 rings (SSSR count). The molecule has 5 heteroatoms. The molecule has 0 unspecified atom stereocenters. The quantitative estimate of drug-likeness (QED) is 0.774. The highest BCUT2D eigenvalue weighted by Gasteiger charge is 2.43. The van der Waals surface area contributed by atoms with E-state index in [0.29, 0.717) is 5.17 Å². The highest BCUT2D eigenvalue weighted by atomic mass is 79.9. The summed E-state index contributed by atoms with van der Waals surface area (Å²) in [6.45, 7) is 0. The first-order chi connectivity index (χ1) is 11.2. The van der Waals surface area contributed by atoms with Crippen LogP contribution in [-0.2, 0) is 5.54 Å². The van der Waals surface area contributed by atoms with Crippen LogP contribution in [0.3, 0.4) is 0 Å². The Morgan fingerprint density at radius 2 is 2.04 bits per heavy atom. The fraction of sp³-hybridized carbons (Fsp3) is 0.278. The number of hydrogen-bond donors (Lipinski definition) is 1. The van der Waals surface area contributed by atoms with Crippen LogP contribution in [0.25, 0.3) is 0 Å². The zero-order valence-corrected chi connectivity index (χ0v) is 14.9. The molecule has 2 aromatic carbocycles. The standard InChI is InChI=1S/C18H17BrN2OS/c19-13-6-7-15-14(10-13)18(8-9-23-17(20)21-18)11-16(22-15)12-4-2-1-3-5-12/h1-7,10,16H,8-9,11H2,(H2,20,21)/t16-,18+/m1/s1. The van der Waals surface area contributed by atoms with Crippen LogP contribution in [0.2, 0.25) is 0 Å². The van der Waals surface area contributed by atoms with Gasteiger partial charge in [-0.25, -0.2) is 0 Å². The molecule has 2 atom stereocenters. The van der Waals surface area contributed by atoms with Crippen molar-refractivity contribution < 1.29 is 4.74 Å². The molecule has 1 spiro atoms. The van der Waals surface area contributed by atoms with Crippen molar-refractivity contribution in [2.24, 2.45) is 10.7 Å². The van der Waals surface area contributed by atoms with Gasteiger partial charge in [0.2, 0.25) is 0 Å². The van der Waals surface area contributed by atoms with E-state index >= 15 is 0 Å². The number of hydrogen-bond acceptors (Lipinski definition) is 4. The lowest BCUT2D eigenvalue weighted by Crippen LogP contribution is -2.37. The van der Waals surface area contributed by atoms with Crippen molar-refractivity contribution in [3.05, 3.63) is 64.1 Å². The van der Waals surface area contributed by atoms with Crippen molar-refractivity contribution in [1.82, 2.24) is 0 Å². The minimum atomic E-state index is -0.285. The maximum absolute atomic E-state index is 6.30. The van der Waals surface area contributed by atoms with Crippen LogP contribution in [0.15, 0.2) is 58.0 Å². The van der Waals surface area contributed by atoms with E-state index in [1.165, 1.54) is 5.56 Å². The molecule has 0 bridgehead atoms. The first-order valence-electron chi connectivity index (χ1n) is 7.66. The maximum Gasteiger partial charge on any atom is 0.154 e. The number of ether oxygens (including phenoxy) is 1. The number of amidine groups is 1. The molecular weight excluding hydrogens is 372 g/mol. The van der Waals surface area contributed by atoms with E-state index in [2.05, 4.69) is 46.3 Å². The molecule has 0 amide bonds. The van der Waals surface area contributed by atoms with Gasteiger partial charge in [0.25, 0.3) is 0 Å². The van der Waals surface area contributed by atoms with E-state index in [0.717, 1.165) is 34.4 Å². The minimum Gasteiger partial charge on any atom is -0.485 e. The van der Waals surface area contributed by atoms with Gasteiger partial charge in [0, 0.05) is 22.2 Å². The first-order valence-corrected chi connectivity index (χ1v) is 9.44. The Bertz CT molecular complexity index is 765. The van der Waals surface area contributed by atoms with E-state index < -0.39 is 0 Å². The first kappa shape index (κ1) is 15.1. The van der Waals surface area contributed by atoms with E-state index in [9.17, 15) is 0 Å². The van der Waals surface area contributed by atoms with E-state index in [4.69, 9.17) is 15.5 Å². The lowest BCUT2D eigenvalue weighted by molar-refractivity contribution is 0.123. The molecule has 0 aliphatic carbocycles. The Hall–Kier alpha value is -1.46. The summed E-state index contributed by atoms with van der Waals surface area (Å²) < 4.78 is 7.34. The van der Waals surface area contributed by atoms with E-state index in [1.54, 1.807) is 11.8 Å². The summed E-state index contributed by atoms with van der Waals surface area (Å²) in [6.07, 6.45) is 1.81. The summed E-state index contributed by atoms with van der Waals surface area (Å²) in [7, 11) is 0. The predicted molar refractivity (Wildman–Crippen MR) is 98.9 cm³/mol. The maximum atomic E-state index is 6.30. The zero-order valence-electron chi connectivity index (χ0n) is 12.5. The molecule has 118 valence electrons. The third-order valence-corrected chi connectivity index (χ3v) is 5.78. The zero-order chi connectivity index (χ0) is 15.9. The van der Waals surface area contributed by atoms with Crippen molar-refractivity contribution in [2.75, 3.05) is 5.75 Å². The second-order valence-electron chi connectivity index (χ2n) is 5.94. The Kier molecular flexibility index (Phi) is 3.85. The molecule has 2 aliphatic heterocycles. The second-order valence-corrected chi connectivity index (χ2v) is 7.97. The van der Waals surface area contributed by atoms with Crippen LogP contribution in [0, 0.1) is 0 Å². The predicted octanol–water partition coefficient (Wildman–Crippen LogP) is 4.62. The smallest absolute Gasteiger partial charge is 0.154 e. The van der Waals surface area contributed by atoms with E-state index in [1.807, 2.05) is 18.2 Å². The number of benzene rings is 2. The van der Waals surface area contributed by atoms with Gasteiger partial charge < -0.3 is 10.5 Å². The van der Waals surface area contributed by atoms with Crippen LogP contribution in [0.5, 0.6) is 5.75 Å². The summed E-state index contributed by atoms with van der Waals surface area (Å²) >= 11 is 5.21. The largest absolute Gasteiger partial charge is 0.485 e. The summed E-state index contributed by atoms with van der Waals surface area (Å²) in [5.74, 6) is 1.90. The average molecular weight is 389 g/mol. The van der Waals surface area contributed by atoms with Crippen LogP contribution in [-0.4, -0.2) is 10.9 Å². The molecule has 0 saturated heterocycles. The number of aliphatic imine (C=N–C) groups is 1. The lowest BCUT2D eigenvalue weighted by Gasteiger charge is -2.41. The minimum absolute atomic E-state index is 0.00419. The second kappa shape index (κ2) is 5.87. The third kappa shape index (κ3) is 2.76. The van der Waals surface area contributed by atoms with Crippen molar-refractivity contribution in [3.63, 3.8) is 0 Å². The van der Waals surface area contributed by atoms with Crippen molar-refractivity contribution in [3.8, 4) is 5.75 Å². The molecular formula is C18H17BrN2OS. The number of fused-ring (bicyclic) bond motifs is 2. The summed E-state index contributed by atoms with van der Waals surface area (Å²) in [5, 5.41) is 0.677. The Balaban J connectivity index is 1.84. The van der Waals surface area contributed by atoms with Gasteiger partial charge >= 0.3 is 0 Å². The fourth-order valence-electron chi connectivity index (χ4n) is 3.40. The van der Waals surface area contributed by atoms with Crippen LogP contribution < -0.4 is 10.5 Å². The number of halogens is 1. The Morgan fingerprint density at radius 1 is 1.22 bits per heavy atom. The van der Waals surface area contributed by atoms with Gasteiger partial charge in [-0.2, -0.15) is 0 Å². The number of nitrogens with two attached hydrogens (primary N) is 1. The van der Waals surface area contributed by atoms with Gasteiger partial charge in [-0.3, -0.25) is 4.99 Å². The molecule has 23 heavy (non-hydrogen) atoms. The monoisotopic (exact) mass is 388 g/mol. The molecule has 0 radical (unpaired) electrons. The third-order valence-electron chi connectivity index (χ3n) is 4.50. The Labute approximate surface area is 148 Å². The molecule has 0 saturated carbocycles. The van der Waals surface area contributed by atoms with Gasteiger partial charge in [-0.15, -0.1) is 0 Å². The lowest BCUT2D eigenvalue weighted by atomic mass is 9.79. The molecule has 2 heterocycles. The average Bonchev–Trinajstić information content (AvgIpc) is 2.56. The number of rotatable bonds is 1. The van der Waals surface area contributed by atoms with Gasteiger partial charge in [0.1, 0.15) is 11.9 Å². The van der Waals surface area contributed by atoms with Gasteiger partial charge in [-0.05, 0) is 30.2 Å². The highest BCUT2D eigenvalue weighted by molar-refractivity contribution is 9.10. The van der Waals surface area contributed by atoms with Crippen LogP contribution >= 0.6 is 27.7 Å². The number of nitrogens with zero attached hydrogens (tertiary/aromatic N) is 1. The highest BCUT2D eigenvalue weighted by Crippen LogP contribution is 2.51. The van der Waals surface area contributed by atoms with Gasteiger partial charge in [-0.1, -0.05) is 58.0 Å². The van der Waals surface area contributed by atoms with Crippen molar-refractivity contribution in [2.45, 2.75) is 24.5 Å². The summed E-state index contributed by atoms with van der Waals surface area (Å²) in [5.41, 5.74) is 8.12. The normalized spacial score (nSPS) is 26.3. The van der Waals surface area contributed by atoms with Crippen molar-refractivity contribution in [1.29, 1.82) is 0 Å². The molecule has 3 nitrogen and oxygen atoms in total. The van der Waals surface area contributed by atoms with Crippen LogP contribution in [0.4, 0.5) is 0 Å². The molecule has 0 fully saturated rings. The molecule has 2 aromatic rings. The van der Waals surface area contributed by atoms with E-state index in [-0.39, 0.29) is 11.6 Å². The fourth-order valence-corrected chi connectivity index (χ4v) is 4.65. The summed E-state index contributed by atoms with van der Waals surface area (Å²) in [6, 6.07) is 16.5. The van der Waals surface area contributed by atoms with Gasteiger partial charge in [0.05, 0.1) is 5.54 Å². The van der Waals surface area contributed by atoms with Crippen molar-refractivity contribution >= 4 is 32.9 Å². The molecule has 2 aliphatic rings. The Morgan fingerprint density at radius 3 is 2.83 bits per heavy atom. The topological polar surface area (TPSA) is 47.6 Å². The van der Waals surface area contributed by atoms with Gasteiger partial charge in [0.15, 0.2) is 5.17 Å². The SMILES string of the molecule is NC1=N[C@@]2(CCS1)C[C@H](c1ccccc1)Oc1ccc(Br)cc12. The summed E-state index contributed by atoms with van der Waals surface area (Å²) in [4.78, 5) is 4.89. The molecule has 2 N–H and O–H groups in total. The number of thioether (sulfide) groups is 1. The van der Waals surface area contributed by atoms with Crippen LogP contribution in [0.1, 0.15) is 30.1 Å². The molecule has 0 aromatic heterocycles.